The van der Waals surface area contributed by atoms with Crippen LogP contribution in [0.3, 0.4) is 0 Å². The van der Waals surface area contributed by atoms with E-state index in [0.29, 0.717) is 6.04 Å². The third-order valence-corrected chi connectivity index (χ3v) is 3.88. The van der Waals surface area contributed by atoms with Crippen molar-refractivity contribution < 1.29 is 0 Å². The van der Waals surface area contributed by atoms with Gasteiger partial charge in [-0.05, 0) is 43.5 Å². The van der Waals surface area contributed by atoms with Crippen molar-refractivity contribution in [3.05, 3.63) is 35.4 Å². The van der Waals surface area contributed by atoms with Crippen LogP contribution >= 0.6 is 0 Å². The maximum Gasteiger partial charge on any atom is 0.0459 e. The molecule has 0 bridgehead atoms. The first-order valence-electron chi connectivity index (χ1n) is 6.63. The number of likely N-dealkylation sites (N-methyl/N-ethyl adjacent to an activating group) is 1. The molecule has 94 valence electrons. The summed E-state index contributed by atoms with van der Waals surface area (Å²) in [6, 6.07) is 9.26. The van der Waals surface area contributed by atoms with E-state index in [2.05, 4.69) is 50.1 Å². The summed E-state index contributed by atoms with van der Waals surface area (Å²) in [6.45, 7) is 5.69. The predicted octanol–water partition coefficient (Wildman–Crippen LogP) is 2.59. The first kappa shape index (κ1) is 12.6. The molecule has 0 saturated heterocycles. The quantitative estimate of drug-likeness (QED) is 0.864. The number of nitrogens with two attached hydrogens (primary N) is 1. The molecule has 2 N–H and O–H groups in total. The van der Waals surface area contributed by atoms with E-state index in [9.17, 15) is 0 Å². The summed E-state index contributed by atoms with van der Waals surface area (Å²) >= 11 is 0. The molecule has 2 nitrogen and oxygen atoms in total. The van der Waals surface area contributed by atoms with Crippen molar-refractivity contribution in [3.8, 4) is 0 Å². The number of hydrogen-bond donors (Lipinski definition) is 1. The second-order valence-electron chi connectivity index (χ2n) is 5.66. The molecule has 0 fully saturated rings. The van der Waals surface area contributed by atoms with Crippen molar-refractivity contribution in [2.24, 2.45) is 11.7 Å². The van der Waals surface area contributed by atoms with E-state index in [-0.39, 0.29) is 6.04 Å². The summed E-state index contributed by atoms with van der Waals surface area (Å²) in [6.07, 6.45) is 2.35. The molecule has 1 aromatic rings. The lowest BCUT2D eigenvalue weighted by atomic mass is 10.1. The van der Waals surface area contributed by atoms with Gasteiger partial charge in [-0.2, -0.15) is 0 Å². The third kappa shape index (κ3) is 2.70. The number of rotatable bonds is 4. The largest absolute Gasteiger partial charge is 0.323 e. The van der Waals surface area contributed by atoms with Crippen LogP contribution in [0.15, 0.2) is 24.3 Å². The van der Waals surface area contributed by atoms with Gasteiger partial charge in [0.25, 0.3) is 0 Å². The summed E-state index contributed by atoms with van der Waals surface area (Å²) in [5.74, 6) is 0.762. The van der Waals surface area contributed by atoms with Gasteiger partial charge in [-0.3, -0.25) is 0 Å². The average molecular weight is 232 g/mol. The Morgan fingerprint density at radius 1 is 1.35 bits per heavy atom. The molecule has 0 aliphatic heterocycles. The van der Waals surface area contributed by atoms with Gasteiger partial charge in [0.05, 0.1) is 0 Å². The Morgan fingerprint density at radius 3 is 2.71 bits per heavy atom. The van der Waals surface area contributed by atoms with Crippen molar-refractivity contribution in [1.29, 1.82) is 0 Å². The van der Waals surface area contributed by atoms with Crippen LogP contribution in [0.1, 0.15) is 37.4 Å². The number of benzene rings is 1. The zero-order valence-corrected chi connectivity index (χ0v) is 11.2. The number of fused-ring (bicyclic) bond motifs is 1. The molecule has 2 rings (SSSR count). The second-order valence-corrected chi connectivity index (χ2v) is 5.66. The molecular formula is C15H24N2. The van der Waals surface area contributed by atoms with Gasteiger partial charge in [-0.1, -0.05) is 38.1 Å². The summed E-state index contributed by atoms with van der Waals surface area (Å²) in [7, 11) is 2.21. The topological polar surface area (TPSA) is 29.3 Å². The molecular weight excluding hydrogens is 208 g/mol. The van der Waals surface area contributed by atoms with E-state index in [1.807, 2.05) is 0 Å². The van der Waals surface area contributed by atoms with Crippen LogP contribution in [-0.4, -0.2) is 24.5 Å². The van der Waals surface area contributed by atoms with Crippen LogP contribution in [0.25, 0.3) is 0 Å². The molecule has 0 spiro atoms. The monoisotopic (exact) mass is 232 g/mol. The fourth-order valence-electron chi connectivity index (χ4n) is 2.66. The van der Waals surface area contributed by atoms with Crippen LogP contribution in [0.2, 0.25) is 0 Å². The van der Waals surface area contributed by atoms with Gasteiger partial charge in [0, 0.05) is 12.1 Å². The van der Waals surface area contributed by atoms with Crippen LogP contribution in [0.4, 0.5) is 0 Å². The van der Waals surface area contributed by atoms with Gasteiger partial charge < -0.3 is 10.6 Å². The SMILES string of the molecule is CC(C)CCN(C)C1Cc2ccccc2C1N. The molecule has 2 heteroatoms. The van der Waals surface area contributed by atoms with Gasteiger partial charge in [0.1, 0.15) is 0 Å². The summed E-state index contributed by atoms with van der Waals surface area (Å²) in [5, 5.41) is 0. The average Bonchev–Trinajstić information content (AvgIpc) is 2.64. The summed E-state index contributed by atoms with van der Waals surface area (Å²) < 4.78 is 0. The standard InChI is InChI=1S/C15H24N2/c1-11(2)8-9-17(3)14-10-12-6-4-5-7-13(12)15(14)16/h4-7,11,14-15H,8-10,16H2,1-3H3. The normalized spacial score (nSPS) is 23.4. The van der Waals surface area contributed by atoms with E-state index < -0.39 is 0 Å². The molecule has 1 aromatic carbocycles. The number of hydrogen-bond acceptors (Lipinski definition) is 2. The summed E-state index contributed by atoms with van der Waals surface area (Å²) in [4.78, 5) is 2.44. The molecule has 1 aliphatic carbocycles. The predicted molar refractivity (Wildman–Crippen MR) is 72.9 cm³/mol. The molecule has 0 aromatic heterocycles. The van der Waals surface area contributed by atoms with E-state index in [0.717, 1.165) is 18.9 Å². The zero-order valence-electron chi connectivity index (χ0n) is 11.2. The molecule has 0 saturated carbocycles. The van der Waals surface area contributed by atoms with Crippen LogP contribution in [-0.2, 0) is 6.42 Å². The second kappa shape index (κ2) is 5.19. The first-order valence-corrected chi connectivity index (χ1v) is 6.63. The van der Waals surface area contributed by atoms with Gasteiger partial charge in [0.2, 0.25) is 0 Å². The minimum absolute atomic E-state index is 0.184. The van der Waals surface area contributed by atoms with E-state index >= 15 is 0 Å². The van der Waals surface area contributed by atoms with Crippen molar-refractivity contribution in [2.45, 2.75) is 38.8 Å². The molecule has 0 heterocycles. The Balaban J connectivity index is 2.01. The maximum absolute atomic E-state index is 6.36. The highest BCUT2D eigenvalue weighted by molar-refractivity contribution is 5.36. The minimum Gasteiger partial charge on any atom is -0.323 e. The van der Waals surface area contributed by atoms with E-state index in [4.69, 9.17) is 5.73 Å². The molecule has 1 aliphatic rings. The lowest BCUT2D eigenvalue weighted by Gasteiger charge is -2.28. The Labute approximate surface area is 105 Å². The highest BCUT2D eigenvalue weighted by Gasteiger charge is 2.31. The highest BCUT2D eigenvalue weighted by atomic mass is 15.1. The third-order valence-electron chi connectivity index (χ3n) is 3.88. The maximum atomic E-state index is 6.36. The Morgan fingerprint density at radius 2 is 2.06 bits per heavy atom. The van der Waals surface area contributed by atoms with Gasteiger partial charge in [-0.15, -0.1) is 0 Å². The van der Waals surface area contributed by atoms with Crippen LogP contribution in [0, 0.1) is 5.92 Å². The van der Waals surface area contributed by atoms with Crippen molar-refractivity contribution in [1.82, 2.24) is 4.90 Å². The molecule has 2 atom stereocenters. The lowest BCUT2D eigenvalue weighted by Crippen LogP contribution is -2.39. The van der Waals surface area contributed by atoms with Gasteiger partial charge in [0.15, 0.2) is 0 Å². The molecule has 0 radical (unpaired) electrons. The van der Waals surface area contributed by atoms with E-state index in [1.54, 1.807) is 0 Å². The highest BCUT2D eigenvalue weighted by Crippen LogP contribution is 2.32. The first-order chi connectivity index (χ1) is 8.09. The fraction of sp³-hybridized carbons (Fsp3) is 0.600. The van der Waals surface area contributed by atoms with Gasteiger partial charge in [-0.25, -0.2) is 0 Å². The Bertz CT molecular complexity index is 373. The molecule has 17 heavy (non-hydrogen) atoms. The van der Waals surface area contributed by atoms with Crippen molar-refractivity contribution in [3.63, 3.8) is 0 Å². The smallest absolute Gasteiger partial charge is 0.0459 e. The van der Waals surface area contributed by atoms with Crippen molar-refractivity contribution >= 4 is 0 Å². The van der Waals surface area contributed by atoms with E-state index in [1.165, 1.54) is 17.5 Å². The van der Waals surface area contributed by atoms with Crippen LogP contribution < -0.4 is 5.73 Å². The Hall–Kier alpha value is -0.860. The fourth-order valence-corrected chi connectivity index (χ4v) is 2.66. The molecule has 0 amide bonds. The number of nitrogens with zero attached hydrogens (tertiary/aromatic N) is 1. The zero-order chi connectivity index (χ0) is 12.4. The lowest BCUT2D eigenvalue weighted by molar-refractivity contribution is 0.211. The van der Waals surface area contributed by atoms with Crippen molar-refractivity contribution in [2.75, 3.05) is 13.6 Å². The molecule has 2 unspecified atom stereocenters. The summed E-state index contributed by atoms with van der Waals surface area (Å²) in [5.41, 5.74) is 9.13. The van der Waals surface area contributed by atoms with Crippen LogP contribution in [0.5, 0.6) is 0 Å². The minimum atomic E-state index is 0.184. The van der Waals surface area contributed by atoms with Gasteiger partial charge >= 0.3 is 0 Å². The Kier molecular flexibility index (Phi) is 3.85.